The molecule has 0 fully saturated rings. The Balaban J connectivity index is 0.00000112. The van der Waals surface area contributed by atoms with Gasteiger partial charge in [-0.25, -0.2) is 4.98 Å². The lowest BCUT2D eigenvalue weighted by Gasteiger charge is -1.95. The number of aromatic nitrogens is 1. The van der Waals surface area contributed by atoms with E-state index in [0.29, 0.717) is 12.4 Å². The van der Waals surface area contributed by atoms with Crippen LogP contribution in [0.25, 0.3) is 11.5 Å². The number of hydrogen-bond acceptors (Lipinski definition) is 4. The Bertz CT molecular complexity index is 424. The molecular formula is C10H12ClN3O. The first-order valence-electron chi connectivity index (χ1n) is 4.30. The highest BCUT2D eigenvalue weighted by molar-refractivity contribution is 5.85. The Hall–Kier alpha value is -1.52. The second kappa shape index (κ2) is 4.82. The summed E-state index contributed by atoms with van der Waals surface area (Å²) in [5.74, 6) is 0.574. The average molecular weight is 226 g/mol. The van der Waals surface area contributed by atoms with Gasteiger partial charge in [0.2, 0.25) is 5.89 Å². The molecule has 4 nitrogen and oxygen atoms in total. The summed E-state index contributed by atoms with van der Waals surface area (Å²) in [5.41, 5.74) is 13.4. The van der Waals surface area contributed by atoms with E-state index in [1.165, 1.54) is 0 Å². The highest BCUT2D eigenvalue weighted by Gasteiger charge is 2.04. The number of hydrogen-bond donors (Lipinski definition) is 2. The maximum atomic E-state index is 5.57. The van der Waals surface area contributed by atoms with Crippen LogP contribution in [-0.2, 0) is 6.54 Å². The fraction of sp³-hybridized carbons (Fsp3) is 0.100. The summed E-state index contributed by atoms with van der Waals surface area (Å²) in [4.78, 5) is 4.20. The van der Waals surface area contributed by atoms with E-state index in [0.717, 1.165) is 16.9 Å². The van der Waals surface area contributed by atoms with Crippen LogP contribution in [0.2, 0.25) is 0 Å². The molecule has 4 N–H and O–H groups in total. The molecule has 0 aliphatic heterocycles. The molecule has 0 saturated heterocycles. The van der Waals surface area contributed by atoms with E-state index in [4.69, 9.17) is 15.9 Å². The molecule has 0 saturated carbocycles. The maximum Gasteiger partial charge on any atom is 0.226 e. The summed E-state index contributed by atoms with van der Waals surface area (Å²) in [6.45, 7) is 0.387. The minimum absolute atomic E-state index is 0. The van der Waals surface area contributed by atoms with E-state index >= 15 is 0 Å². The third-order valence-electron chi connectivity index (χ3n) is 1.92. The van der Waals surface area contributed by atoms with E-state index in [1.54, 1.807) is 6.26 Å². The van der Waals surface area contributed by atoms with Crippen molar-refractivity contribution in [3.05, 3.63) is 36.2 Å². The molecular weight excluding hydrogens is 214 g/mol. The van der Waals surface area contributed by atoms with E-state index in [-0.39, 0.29) is 12.4 Å². The second-order valence-electron chi connectivity index (χ2n) is 2.97. The zero-order chi connectivity index (χ0) is 9.97. The second-order valence-corrected chi connectivity index (χ2v) is 2.97. The molecule has 1 aromatic heterocycles. The van der Waals surface area contributed by atoms with Gasteiger partial charge < -0.3 is 15.9 Å². The highest BCUT2D eigenvalue weighted by atomic mass is 35.5. The number of oxazole rings is 1. The Morgan fingerprint density at radius 2 is 1.87 bits per heavy atom. The molecule has 0 unspecified atom stereocenters. The molecule has 80 valence electrons. The van der Waals surface area contributed by atoms with Crippen molar-refractivity contribution in [1.29, 1.82) is 0 Å². The zero-order valence-corrected chi connectivity index (χ0v) is 8.83. The van der Waals surface area contributed by atoms with Gasteiger partial charge in [0.25, 0.3) is 0 Å². The minimum atomic E-state index is 0. The van der Waals surface area contributed by atoms with Crippen molar-refractivity contribution in [2.24, 2.45) is 5.73 Å². The quantitative estimate of drug-likeness (QED) is 0.764. The zero-order valence-electron chi connectivity index (χ0n) is 8.01. The summed E-state index contributed by atoms with van der Waals surface area (Å²) < 4.78 is 5.25. The topological polar surface area (TPSA) is 78.1 Å². The predicted molar refractivity (Wildman–Crippen MR) is 61.5 cm³/mol. The smallest absolute Gasteiger partial charge is 0.226 e. The van der Waals surface area contributed by atoms with Crippen LogP contribution in [0.3, 0.4) is 0 Å². The maximum absolute atomic E-state index is 5.57. The van der Waals surface area contributed by atoms with E-state index < -0.39 is 0 Å². The van der Waals surface area contributed by atoms with Crippen molar-refractivity contribution in [3.63, 3.8) is 0 Å². The van der Waals surface area contributed by atoms with Crippen LogP contribution in [0.5, 0.6) is 0 Å². The van der Waals surface area contributed by atoms with Gasteiger partial charge in [0.05, 0.1) is 5.69 Å². The molecule has 1 aromatic carbocycles. The van der Waals surface area contributed by atoms with Crippen molar-refractivity contribution in [1.82, 2.24) is 4.98 Å². The number of nitrogens with zero attached hydrogens (tertiary/aromatic N) is 1. The molecule has 0 aliphatic carbocycles. The van der Waals surface area contributed by atoms with E-state index in [1.807, 2.05) is 24.3 Å². The highest BCUT2D eigenvalue weighted by Crippen LogP contribution is 2.19. The molecule has 0 bridgehead atoms. The fourth-order valence-electron chi connectivity index (χ4n) is 1.16. The summed E-state index contributed by atoms with van der Waals surface area (Å²) >= 11 is 0. The molecule has 0 spiro atoms. The van der Waals surface area contributed by atoms with Crippen LogP contribution >= 0.6 is 12.4 Å². The normalized spacial score (nSPS) is 9.67. The van der Waals surface area contributed by atoms with Crippen LogP contribution in [0.1, 0.15) is 5.69 Å². The van der Waals surface area contributed by atoms with Crippen molar-refractivity contribution in [2.45, 2.75) is 6.54 Å². The van der Waals surface area contributed by atoms with Crippen molar-refractivity contribution in [2.75, 3.05) is 5.73 Å². The van der Waals surface area contributed by atoms with Crippen LogP contribution in [0, 0.1) is 0 Å². The lowest BCUT2D eigenvalue weighted by atomic mass is 10.2. The SMILES string of the molecule is Cl.NCc1coc(-c2ccc(N)cc2)n1. The van der Waals surface area contributed by atoms with Crippen LogP contribution in [0.15, 0.2) is 34.9 Å². The molecule has 0 aliphatic rings. The standard InChI is InChI=1S/C10H11N3O.ClH/c11-5-9-6-14-10(13-9)7-1-3-8(12)4-2-7;/h1-4,6H,5,11-12H2;1H. The lowest BCUT2D eigenvalue weighted by Crippen LogP contribution is -1.95. The first-order valence-corrected chi connectivity index (χ1v) is 4.30. The Morgan fingerprint density at radius 3 is 2.40 bits per heavy atom. The van der Waals surface area contributed by atoms with E-state index in [2.05, 4.69) is 4.98 Å². The van der Waals surface area contributed by atoms with Gasteiger partial charge in [-0.2, -0.15) is 0 Å². The number of halogens is 1. The predicted octanol–water partition coefficient (Wildman–Crippen LogP) is 1.80. The molecule has 5 heteroatoms. The summed E-state index contributed by atoms with van der Waals surface area (Å²) in [6, 6.07) is 7.34. The van der Waals surface area contributed by atoms with Gasteiger partial charge in [-0.05, 0) is 24.3 Å². The van der Waals surface area contributed by atoms with Crippen LogP contribution in [0.4, 0.5) is 5.69 Å². The van der Waals surface area contributed by atoms with Gasteiger partial charge in [0, 0.05) is 17.8 Å². The van der Waals surface area contributed by atoms with Crippen LogP contribution < -0.4 is 11.5 Å². The number of anilines is 1. The van der Waals surface area contributed by atoms with Gasteiger partial charge in [-0.1, -0.05) is 0 Å². The molecule has 0 radical (unpaired) electrons. The van der Waals surface area contributed by atoms with Gasteiger partial charge in [-0.3, -0.25) is 0 Å². The lowest BCUT2D eigenvalue weighted by molar-refractivity contribution is 0.572. The van der Waals surface area contributed by atoms with Gasteiger partial charge in [0.1, 0.15) is 6.26 Å². The monoisotopic (exact) mass is 225 g/mol. The number of benzene rings is 1. The van der Waals surface area contributed by atoms with E-state index in [9.17, 15) is 0 Å². The van der Waals surface area contributed by atoms with Gasteiger partial charge in [0.15, 0.2) is 0 Å². The largest absolute Gasteiger partial charge is 0.444 e. The Labute approximate surface area is 93.7 Å². The molecule has 0 atom stereocenters. The van der Waals surface area contributed by atoms with Crippen molar-refractivity contribution in [3.8, 4) is 11.5 Å². The molecule has 0 amide bonds. The first-order chi connectivity index (χ1) is 6.79. The number of rotatable bonds is 2. The van der Waals surface area contributed by atoms with Gasteiger partial charge in [-0.15, -0.1) is 12.4 Å². The fourth-order valence-corrected chi connectivity index (χ4v) is 1.16. The number of nitrogens with two attached hydrogens (primary N) is 2. The molecule has 1 heterocycles. The third kappa shape index (κ3) is 2.49. The van der Waals surface area contributed by atoms with Crippen molar-refractivity contribution >= 4 is 18.1 Å². The Morgan fingerprint density at radius 1 is 1.20 bits per heavy atom. The summed E-state index contributed by atoms with van der Waals surface area (Å²) in [7, 11) is 0. The average Bonchev–Trinajstić information content (AvgIpc) is 2.67. The Kier molecular flexibility index (Phi) is 3.71. The number of nitrogen functional groups attached to an aromatic ring is 1. The summed E-state index contributed by atoms with van der Waals surface area (Å²) in [5, 5.41) is 0. The van der Waals surface area contributed by atoms with Crippen LogP contribution in [-0.4, -0.2) is 4.98 Å². The molecule has 2 rings (SSSR count). The summed E-state index contributed by atoms with van der Waals surface area (Å²) in [6.07, 6.45) is 1.56. The first kappa shape index (κ1) is 11.6. The van der Waals surface area contributed by atoms with Gasteiger partial charge >= 0.3 is 0 Å². The minimum Gasteiger partial charge on any atom is -0.444 e. The van der Waals surface area contributed by atoms with Crippen molar-refractivity contribution < 1.29 is 4.42 Å². The third-order valence-corrected chi connectivity index (χ3v) is 1.92. The molecule has 2 aromatic rings. The molecule has 15 heavy (non-hydrogen) atoms.